The molecule has 3 atom stereocenters. The van der Waals surface area contributed by atoms with Crippen LogP contribution >= 0.6 is 7.82 Å². The van der Waals surface area contributed by atoms with Gasteiger partial charge < -0.3 is 24.6 Å². The molecule has 66 heavy (non-hydrogen) atoms. The number of aliphatic hydroxyl groups is 2. The van der Waals surface area contributed by atoms with E-state index >= 15 is 0 Å². The Hall–Kier alpha value is -2.07. The van der Waals surface area contributed by atoms with Crippen LogP contribution in [-0.4, -0.2) is 65.7 Å². The maximum Gasteiger partial charge on any atom is 0.472 e. The Morgan fingerprint density at radius 1 is 0.470 bits per heavy atom. The van der Waals surface area contributed by atoms with Gasteiger partial charge in [-0.3, -0.25) is 18.6 Å². The minimum absolute atomic E-state index is 0.180. The van der Waals surface area contributed by atoms with Crippen molar-refractivity contribution in [1.29, 1.82) is 0 Å². The number of hydrogen-bond acceptors (Lipinski definition) is 9. The summed E-state index contributed by atoms with van der Waals surface area (Å²) in [6.45, 7) is 2.31. The molecule has 386 valence electrons. The number of unbranched alkanes of at least 4 members (excludes halogenated alkanes) is 29. The van der Waals surface area contributed by atoms with Crippen molar-refractivity contribution in [3.8, 4) is 0 Å². The second-order valence-electron chi connectivity index (χ2n) is 18.2. The van der Waals surface area contributed by atoms with Gasteiger partial charge in [-0.2, -0.15) is 0 Å². The Bertz CT molecular complexity index is 1230. The van der Waals surface area contributed by atoms with Crippen LogP contribution in [0, 0.1) is 0 Å². The van der Waals surface area contributed by atoms with Crippen LogP contribution in [0.4, 0.5) is 0 Å². The Labute approximate surface area is 404 Å². The third-order valence-electron chi connectivity index (χ3n) is 11.7. The smallest absolute Gasteiger partial charge is 0.462 e. The van der Waals surface area contributed by atoms with Crippen molar-refractivity contribution in [2.75, 3.05) is 26.4 Å². The molecule has 0 aliphatic carbocycles. The molecular weight excluding hydrogens is 852 g/mol. The highest BCUT2D eigenvalue weighted by molar-refractivity contribution is 7.47. The van der Waals surface area contributed by atoms with Crippen LogP contribution in [0.5, 0.6) is 0 Å². The molecule has 0 saturated heterocycles. The van der Waals surface area contributed by atoms with Gasteiger partial charge >= 0.3 is 19.8 Å². The van der Waals surface area contributed by atoms with Gasteiger partial charge in [0.1, 0.15) is 12.7 Å². The third kappa shape index (κ3) is 49.8. The van der Waals surface area contributed by atoms with E-state index in [2.05, 4.69) is 62.5 Å². The first kappa shape index (κ1) is 63.9. The maximum atomic E-state index is 12.7. The zero-order valence-corrected chi connectivity index (χ0v) is 43.3. The molecule has 0 aromatic carbocycles. The minimum atomic E-state index is -4.63. The van der Waals surface area contributed by atoms with Crippen LogP contribution in [0.15, 0.2) is 48.6 Å². The van der Waals surface area contributed by atoms with E-state index in [-0.39, 0.29) is 19.4 Å². The number of rotatable bonds is 51. The summed E-state index contributed by atoms with van der Waals surface area (Å²) in [6.07, 6.45) is 57.9. The summed E-state index contributed by atoms with van der Waals surface area (Å²) in [5, 5.41) is 18.4. The van der Waals surface area contributed by atoms with Crippen LogP contribution in [0.25, 0.3) is 0 Å². The minimum Gasteiger partial charge on any atom is -0.462 e. The first-order chi connectivity index (χ1) is 32.2. The number of hydrogen-bond donors (Lipinski definition) is 3. The number of phosphoric ester groups is 1. The van der Waals surface area contributed by atoms with Gasteiger partial charge in [-0.1, -0.05) is 236 Å². The summed E-state index contributed by atoms with van der Waals surface area (Å²) in [7, 11) is -4.63. The number of allylic oxidation sites excluding steroid dienone is 8. The molecule has 11 heteroatoms. The van der Waals surface area contributed by atoms with E-state index < -0.39 is 51.8 Å². The second kappa shape index (κ2) is 50.8. The highest BCUT2D eigenvalue weighted by atomic mass is 31.2. The average Bonchev–Trinajstić information content (AvgIpc) is 3.31. The number of esters is 2. The first-order valence-corrected chi connectivity index (χ1v) is 28.6. The quantitative estimate of drug-likeness (QED) is 0.0233. The predicted octanol–water partition coefficient (Wildman–Crippen LogP) is 15.6. The fraction of sp³-hybridized carbons (Fsp3) is 0.818. The van der Waals surface area contributed by atoms with Gasteiger partial charge in [-0.05, 0) is 51.4 Å². The first-order valence-electron chi connectivity index (χ1n) is 27.1. The van der Waals surface area contributed by atoms with Crippen LogP contribution < -0.4 is 0 Å². The van der Waals surface area contributed by atoms with Crippen molar-refractivity contribution in [2.45, 2.75) is 264 Å². The van der Waals surface area contributed by atoms with E-state index in [9.17, 15) is 24.2 Å². The summed E-state index contributed by atoms with van der Waals surface area (Å²) < 4.78 is 32.9. The lowest BCUT2D eigenvalue weighted by Gasteiger charge is -2.20. The molecule has 0 amide bonds. The lowest BCUT2D eigenvalue weighted by molar-refractivity contribution is -0.161. The van der Waals surface area contributed by atoms with Crippen molar-refractivity contribution in [3.63, 3.8) is 0 Å². The summed E-state index contributed by atoms with van der Waals surface area (Å²) in [5.74, 6) is -0.918. The zero-order chi connectivity index (χ0) is 48.3. The van der Waals surface area contributed by atoms with Crippen LogP contribution in [0.3, 0.4) is 0 Å². The monoisotopic (exact) mass is 953 g/mol. The van der Waals surface area contributed by atoms with E-state index in [0.717, 1.165) is 70.6 Å². The number of carbonyl (C=O) groups is 2. The Morgan fingerprint density at radius 2 is 0.833 bits per heavy atom. The fourth-order valence-electron chi connectivity index (χ4n) is 7.63. The number of carbonyl (C=O) groups excluding carboxylic acids is 2. The second-order valence-corrected chi connectivity index (χ2v) is 19.7. The molecule has 0 fully saturated rings. The van der Waals surface area contributed by atoms with Gasteiger partial charge in [0, 0.05) is 12.8 Å². The van der Waals surface area contributed by atoms with Crippen molar-refractivity contribution in [3.05, 3.63) is 48.6 Å². The van der Waals surface area contributed by atoms with Gasteiger partial charge in [0.05, 0.1) is 19.8 Å². The van der Waals surface area contributed by atoms with Gasteiger partial charge in [-0.15, -0.1) is 0 Å². The van der Waals surface area contributed by atoms with Crippen LogP contribution in [0.1, 0.15) is 251 Å². The summed E-state index contributed by atoms with van der Waals surface area (Å²) in [4.78, 5) is 35.2. The van der Waals surface area contributed by atoms with Crippen molar-refractivity contribution < 1.29 is 47.8 Å². The average molecular weight is 953 g/mol. The van der Waals surface area contributed by atoms with E-state index in [0.29, 0.717) is 12.8 Å². The lowest BCUT2D eigenvalue weighted by atomic mass is 10.0. The molecule has 0 rings (SSSR count). The summed E-state index contributed by atoms with van der Waals surface area (Å²) in [5.41, 5.74) is 0. The topological polar surface area (TPSA) is 149 Å². The Balaban J connectivity index is 4.13. The third-order valence-corrected chi connectivity index (χ3v) is 12.7. The standard InChI is InChI=1S/C55H101O10P/c1-3-5-7-9-11-13-15-17-19-21-23-25-26-27-29-31-33-35-37-39-41-43-45-47-55(59)65-53(51-64-66(60,61)63-49-52(57)48-56)50-62-54(58)46-44-42-40-38-36-34-32-30-28-24-22-20-18-16-14-12-10-8-6-4-2/h5,7,11,13,17,19,23,25,52-53,56-57H,3-4,6,8-10,12,14-16,18,20-22,24,26-51H2,1-2H3,(H,60,61)/b7-5-,13-11-,19-17-,25-23-. The normalized spacial score (nSPS) is 14.0. The van der Waals surface area contributed by atoms with E-state index in [1.54, 1.807) is 0 Å². The molecule has 0 aromatic rings. The molecule has 0 bridgehead atoms. The predicted molar refractivity (Wildman–Crippen MR) is 274 cm³/mol. The van der Waals surface area contributed by atoms with Gasteiger partial charge in [0.2, 0.25) is 0 Å². The molecule has 10 nitrogen and oxygen atoms in total. The zero-order valence-electron chi connectivity index (χ0n) is 42.4. The SMILES string of the molecule is CC/C=C\C/C=C\C/C=C\C/C=C\CCCCCCCCCCCCC(=O)OC(COC(=O)CCCCCCCCCCCCCCCCCCCCCC)COP(=O)(O)OCC(O)CO. The van der Waals surface area contributed by atoms with Crippen LogP contribution in [0.2, 0.25) is 0 Å². The van der Waals surface area contributed by atoms with Crippen LogP contribution in [-0.2, 0) is 32.7 Å². The number of phosphoric acid groups is 1. The van der Waals surface area contributed by atoms with Gasteiger partial charge in [0.15, 0.2) is 6.10 Å². The molecule has 0 saturated carbocycles. The fourth-order valence-corrected chi connectivity index (χ4v) is 8.42. The van der Waals surface area contributed by atoms with Crippen molar-refractivity contribution >= 4 is 19.8 Å². The highest BCUT2D eigenvalue weighted by Crippen LogP contribution is 2.43. The molecule has 0 heterocycles. The highest BCUT2D eigenvalue weighted by Gasteiger charge is 2.27. The van der Waals surface area contributed by atoms with Crippen molar-refractivity contribution in [2.24, 2.45) is 0 Å². The number of ether oxygens (including phenoxy) is 2. The maximum absolute atomic E-state index is 12.7. The lowest BCUT2D eigenvalue weighted by Crippen LogP contribution is -2.29. The van der Waals surface area contributed by atoms with E-state index in [1.165, 1.54) is 141 Å². The van der Waals surface area contributed by atoms with Crippen molar-refractivity contribution in [1.82, 2.24) is 0 Å². The molecule has 0 aliphatic rings. The molecule has 3 unspecified atom stereocenters. The molecular formula is C55H101O10P. The Kier molecular flexibility index (Phi) is 49.2. The largest absolute Gasteiger partial charge is 0.472 e. The molecule has 0 aliphatic heterocycles. The van der Waals surface area contributed by atoms with Gasteiger partial charge in [-0.25, -0.2) is 4.57 Å². The molecule has 0 spiro atoms. The molecule has 0 radical (unpaired) electrons. The molecule has 0 aromatic heterocycles. The van der Waals surface area contributed by atoms with E-state index in [4.69, 9.17) is 23.6 Å². The Morgan fingerprint density at radius 3 is 1.26 bits per heavy atom. The van der Waals surface area contributed by atoms with Gasteiger partial charge in [0.25, 0.3) is 0 Å². The number of aliphatic hydroxyl groups excluding tert-OH is 2. The summed E-state index contributed by atoms with van der Waals surface area (Å²) in [6, 6.07) is 0. The molecule has 3 N–H and O–H groups in total. The summed E-state index contributed by atoms with van der Waals surface area (Å²) >= 11 is 0. The van der Waals surface area contributed by atoms with E-state index in [1.807, 2.05) is 0 Å².